The van der Waals surface area contributed by atoms with Crippen molar-refractivity contribution in [2.75, 3.05) is 19.7 Å². The number of hydrogen-bond donors (Lipinski definition) is 0. The van der Waals surface area contributed by atoms with Crippen molar-refractivity contribution in [1.29, 1.82) is 0 Å². The summed E-state index contributed by atoms with van der Waals surface area (Å²) in [5, 5.41) is 0. The lowest BCUT2D eigenvalue weighted by Crippen LogP contribution is -2.27. The maximum Gasteiger partial charge on any atom is 0.222 e. The third-order valence-corrected chi connectivity index (χ3v) is 3.48. The van der Waals surface area contributed by atoms with E-state index in [0.717, 1.165) is 38.3 Å². The first-order chi connectivity index (χ1) is 8.79. The fraction of sp³-hybridized carbons (Fsp3) is 0.533. The second kappa shape index (κ2) is 6.43. The molecule has 1 aliphatic heterocycles. The van der Waals surface area contributed by atoms with Crippen LogP contribution in [0.3, 0.4) is 0 Å². The second-order valence-corrected chi connectivity index (χ2v) is 4.80. The summed E-state index contributed by atoms with van der Waals surface area (Å²) in [5.41, 5.74) is 0. The van der Waals surface area contributed by atoms with E-state index in [-0.39, 0.29) is 5.91 Å². The monoisotopic (exact) mass is 247 g/mol. The Balaban J connectivity index is 1.68. The zero-order valence-corrected chi connectivity index (χ0v) is 11.0. The molecule has 0 radical (unpaired) electrons. The van der Waals surface area contributed by atoms with Crippen molar-refractivity contribution in [3.63, 3.8) is 0 Å². The molecule has 98 valence electrons. The molecule has 1 aliphatic rings. The number of carbonyl (C=O) groups is 1. The van der Waals surface area contributed by atoms with E-state index in [9.17, 15) is 4.79 Å². The van der Waals surface area contributed by atoms with Crippen LogP contribution in [0, 0.1) is 5.92 Å². The Labute approximate surface area is 109 Å². The first-order valence-electron chi connectivity index (χ1n) is 6.75. The van der Waals surface area contributed by atoms with E-state index in [0.29, 0.717) is 12.3 Å². The molecule has 0 spiro atoms. The van der Waals surface area contributed by atoms with Crippen LogP contribution in [0.2, 0.25) is 0 Å². The molecule has 0 aliphatic carbocycles. The molecule has 3 nitrogen and oxygen atoms in total. The van der Waals surface area contributed by atoms with E-state index < -0.39 is 0 Å². The van der Waals surface area contributed by atoms with E-state index in [1.807, 2.05) is 42.2 Å². The molecule has 2 rings (SSSR count). The van der Waals surface area contributed by atoms with Gasteiger partial charge < -0.3 is 9.64 Å². The van der Waals surface area contributed by atoms with E-state index in [4.69, 9.17) is 4.74 Å². The fourth-order valence-electron chi connectivity index (χ4n) is 2.38. The summed E-state index contributed by atoms with van der Waals surface area (Å²) in [5.74, 6) is 1.81. The van der Waals surface area contributed by atoms with Gasteiger partial charge in [-0.2, -0.15) is 0 Å². The summed E-state index contributed by atoms with van der Waals surface area (Å²) >= 11 is 0. The Morgan fingerprint density at radius 3 is 2.89 bits per heavy atom. The second-order valence-electron chi connectivity index (χ2n) is 4.80. The van der Waals surface area contributed by atoms with Crippen molar-refractivity contribution in [1.82, 2.24) is 4.90 Å². The number of rotatable bonds is 5. The average molecular weight is 247 g/mol. The highest BCUT2D eigenvalue weighted by atomic mass is 16.5. The topological polar surface area (TPSA) is 29.5 Å². The minimum absolute atomic E-state index is 0.279. The van der Waals surface area contributed by atoms with E-state index in [2.05, 4.69) is 0 Å². The van der Waals surface area contributed by atoms with Crippen LogP contribution in [0.15, 0.2) is 30.3 Å². The molecule has 0 saturated carbocycles. The smallest absolute Gasteiger partial charge is 0.222 e. The Kier molecular flexibility index (Phi) is 4.62. The van der Waals surface area contributed by atoms with Crippen molar-refractivity contribution in [2.24, 2.45) is 5.92 Å². The third kappa shape index (κ3) is 3.49. The third-order valence-electron chi connectivity index (χ3n) is 3.48. The molecule has 0 bridgehead atoms. The lowest BCUT2D eigenvalue weighted by molar-refractivity contribution is -0.129. The molecular weight excluding hydrogens is 226 g/mol. The molecule has 0 N–H and O–H groups in total. The maximum absolute atomic E-state index is 11.5. The van der Waals surface area contributed by atoms with E-state index >= 15 is 0 Å². The number of hydrogen-bond acceptors (Lipinski definition) is 2. The first-order valence-corrected chi connectivity index (χ1v) is 6.75. The Hall–Kier alpha value is -1.51. The summed E-state index contributed by atoms with van der Waals surface area (Å²) in [6.07, 6.45) is 2.76. The number of amides is 1. The molecule has 1 amide bonds. The van der Waals surface area contributed by atoms with Crippen LogP contribution in [-0.4, -0.2) is 30.5 Å². The van der Waals surface area contributed by atoms with Gasteiger partial charge in [0.05, 0.1) is 6.61 Å². The maximum atomic E-state index is 11.5. The van der Waals surface area contributed by atoms with Gasteiger partial charge in [-0.25, -0.2) is 0 Å². The highest BCUT2D eigenvalue weighted by Gasteiger charge is 2.24. The van der Waals surface area contributed by atoms with Gasteiger partial charge in [0.2, 0.25) is 5.91 Å². The SMILES string of the molecule is CCC(=O)N1CCC(CCOc2ccccc2)C1. The summed E-state index contributed by atoms with van der Waals surface area (Å²) in [4.78, 5) is 13.5. The highest BCUT2D eigenvalue weighted by molar-refractivity contribution is 5.76. The van der Waals surface area contributed by atoms with Crippen molar-refractivity contribution in [2.45, 2.75) is 26.2 Å². The van der Waals surface area contributed by atoms with Gasteiger partial charge in [-0.3, -0.25) is 4.79 Å². The van der Waals surface area contributed by atoms with Crippen LogP contribution in [0.1, 0.15) is 26.2 Å². The van der Waals surface area contributed by atoms with Gasteiger partial charge in [0.1, 0.15) is 5.75 Å². The zero-order valence-electron chi connectivity index (χ0n) is 11.0. The summed E-state index contributed by atoms with van der Waals surface area (Å²) in [6, 6.07) is 9.89. The van der Waals surface area contributed by atoms with Crippen LogP contribution < -0.4 is 4.74 Å². The number of nitrogens with zero attached hydrogens (tertiary/aromatic N) is 1. The Morgan fingerprint density at radius 1 is 1.39 bits per heavy atom. The van der Waals surface area contributed by atoms with Crippen LogP contribution in [0.4, 0.5) is 0 Å². The van der Waals surface area contributed by atoms with Crippen molar-refractivity contribution < 1.29 is 9.53 Å². The predicted molar refractivity (Wildman–Crippen MR) is 71.5 cm³/mol. The van der Waals surface area contributed by atoms with Crippen LogP contribution in [0.25, 0.3) is 0 Å². The van der Waals surface area contributed by atoms with Crippen LogP contribution in [0.5, 0.6) is 5.75 Å². The molecular formula is C15H21NO2. The molecule has 18 heavy (non-hydrogen) atoms. The molecule has 1 saturated heterocycles. The summed E-state index contributed by atoms with van der Waals surface area (Å²) in [7, 11) is 0. The summed E-state index contributed by atoms with van der Waals surface area (Å²) < 4.78 is 5.69. The number of para-hydroxylation sites is 1. The molecule has 3 heteroatoms. The number of carbonyl (C=O) groups excluding carboxylic acids is 1. The van der Waals surface area contributed by atoms with Gasteiger partial charge in [0, 0.05) is 19.5 Å². The molecule has 1 aromatic rings. The van der Waals surface area contributed by atoms with Gasteiger partial charge in [-0.15, -0.1) is 0 Å². The van der Waals surface area contributed by atoms with Gasteiger partial charge in [0.25, 0.3) is 0 Å². The molecule has 1 heterocycles. The van der Waals surface area contributed by atoms with Crippen molar-refractivity contribution >= 4 is 5.91 Å². The van der Waals surface area contributed by atoms with E-state index in [1.54, 1.807) is 0 Å². The van der Waals surface area contributed by atoms with Gasteiger partial charge in [0.15, 0.2) is 0 Å². The molecule has 1 fully saturated rings. The zero-order chi connectivity index (χ0) is 12.8. The van der Waals surface area contributed by atoms with Crippen molar-refractivity contribution in [3.05, 3.63) is 30.3 Å². The minimum Gasteiger partial charge on any atom is -0.494 e. The van der Waals surface area contributed by atoms with Gasteiger partial charge in [-0.1, -0.05) is 25.1 Å². The first kappa shape index (κ1) is 12.9. The largest absolute Gasteiger partial charge is 0.494 e. The lowest BCUT2D eigenvalue weighted by Gasteiger charge is -2.15. The average Bonchev–Trinajstić information content (AvgIpc) is 2.88. The number of likely N-dealkylation sites (tertiary alicyclic amines) is 1. The minimum atomic E-state index is 0.279. The molecule has 1 atom stereocenters. The molecule has 0 aromatic heterocycles. The molecule has 1 aromatic carbocycles. The standard InChI is InChI=1S/C15H21NO2/c1-2-15(17)16-10-8-13(12-16)9-11-18-14-6-4-3-5-7-14/h3-7,13H,2,8-12H2,1H3. The Bertz CT molecular complexity index is 377. The van der Waals surface area contributed by atoms with Crippen molar-refractivity contribution in [3.8, 4) is 5.75 Å². The lowest BCUT2D eigenvalue weighted by atomic mass is 10.1. The van der Waals surface area contributed by atoms with Gasteiger partial charge in [-0.05, 0) is 30.9 Å². The number of ether oxygens (including phenoxy) is 1. The van der Waals surface area contributed by atoms with Gasteiger partial charge >= 0.3 is 0 Å². The Morgan fingerprint density at radius 2 is 2.17 bits per heavy atom. The predicted octanol–water partition coefficient (Wildman–Crippen LogP) is 2.71. The summed E-state index contributed by atoms with van der Waals surface area (Å²) in [6.45, 7) is 4.49. The fourth-order valence-corrected chi connectivity index (χ4v) is 2.38. The quantitative estimate of drug-likeness (QED) is 0.800. The van der Waals surface area contributed by atoms with Crippen LogP contribution in [-0.2, 0) is 4.79 Å². The van der Waals surface area contributed by atoms with E-state index in [1.165, 1.54) is 0 Å². The number of benzene rings is 1. The normalized spacial score (nSPS) is 18.9. The highest BCUT2D eigenvalue weighted by Crippen LogP contribution is 2.20. The molecule has 1 unspecified atom stereocenters. The van der Waals surface area contributed by atoms with Crippen LogP contribution >= 0.6 is 0 Å².